The molecular formula is C28H35N3O6. The van der Waals surface area contributed by atoms with Gasteiger partial charge < -0.3 is 19.7 Å². The van der Waals surface area contributed by atoms with Gasteiger partial charge in [-0.1, -0.05) is 50.8 Å². The first kappa shape index (κ1) is 27.1. The Labute approximate surface area is 217 Å². The second-order valence-corrected chi connectivity index (χ2v) is 10.2. The number of cyclic esters (lactones) is 1. The Morgan fingerprint density at radius 3 is 2.78 bits per heavy atom. The first-order valence-corrected chi connectivity index (χ1v) is 12.6. The van der Waals surface area contributed by atoms with Crippen molar-refractivity contribution in [2.24, 2.45) is 15.9 Å². The monoisotopic (exact) mass is 509 g/mol. The molecule has 0 aromatic rings. The summed E-state index contributed by atoms with van der Waals surface area (Å²) >= 11 is 0. The molecule has 2 saturated heterocycles. The third-order valence-electron chi connectivity index (χ3n) is 7.31. The summed E-state index contributed by atoms with van der Waals surface area (Å²) in [6.07, 6.45) is 11.2. The second-order valence-electron chi connectivity index (χ2n) is 10.2. The van der Waals surface area contributed by atoms with Gasteiger partial charge in [-0.3, -0.25) is 9.69 Å². The summed E-state index contributed by atoms with van der Waals surface area (Å²) in [6, 6.07) is -0.250. The van der Waals surface area contributed by atoms with Crippen molar-refractivity contribution in [1.29, 1.82) is 0 Å². The van der Waals surface area contributed by atoms with Crippen molar-refractivity contribution >= 4 is 24.4 Å². The Balaban J connectivity index is 1.66. The van der Waals surface area contributed by atoms with E-state index in [2.05, 4.69) is 16.6 Å². The summed E-state index contributed by atoms with van der Waals surface area (Å²) in [6.45, 7) is 9.97. The quantitative estimate of drug-likeness (QED) is 0.521. The number of allylic oxidation sites excluding steroid dienone is 4. The van der Waals surface area contributed by atoms with Crippen LogP contribution in [-0.2, 0) is 19.1 Å². The number of carbonyl (C=O) groups is 2. The number of aliphatic imine (C=N–C) groups is 2. The minimum absolute atomic E-state index is 0.109. The standard InChI is InChI=1S/C28H35N3O6/c1-17(2)25-19(4)10-11-23(33)30-16-29-14-18(3)7-5-8-20(32)13-24-31-22(15-36-24)26(34)28(31)12-6-9-21(28)27(35)37-25/h5,7-11,14,16-17,20,22,24-26,32,34H,4,6,12-13,15H2,1-3H3. The Hall–Kier alpha value is -2.98. The largest absolute Gasteiger partial charge is 0.454 e. The van der Waals surface area contributed by atoms with Gasteiger partial charge in [-0.05, 0) is 36.8 Å². The number of carbonyl (C=O) groups excluding carboxylic acids is 2. The summed E-state index contributed by atoms with van der Waals surface area (Å²) < 4.78 is 11.9. The minimum Gasteiger partial charge on any atom is -0.454 e. The van der Waals surface area contributed by atoms with Gasteiger partial charge in [0.25, 0.3) is 5.91 Å². The van der Waals surface area contributed by atoms with Gasteiger partial charge in [-0.25, -0.2) is 9.79 Å². The number of aliphatic hydroxyl groups is 2. The molecule has 4 rings (SSSR count). The van der Waals surface area contributed by atoms with Crippen LogP contribution in [-0.4, -0.2) is 82.3 Å². The number of rotatable bonds is 1. The van der Waals surface area contributed by atoms with E-state index in [9.17, 15) is 19.8 Å². The predicted octanol–water partition coefficient (Wildman–Crippen LogP) is 2.42. The molecule has 1 spiro atoms. The molecule has 9 nitrogen and oxygen atoms in total. The van der Waals surface area contributed by atoms with Crippen LogP contribution in [0.3, 0.4) is 0 Å². The fourth-order valence-corrected chi connectivity index (χ4v) is 5.57. The number of nitrogens with zero attached hydrogens (tertiary/aromatic N) is 3. The lowest BCUT2D eigenvalue weighted by atomic mass is 9.71. The van der Waals surface area contributed by atoms with E-state index in [1.165, 1.54) is 12.2 Å². The van der Waals surface area contributed by atoms with Gasteiger partial charge >= 0.3 is 5.97 Å². The number of aliphatic hydroxyl groups excluding tert-OH is 2. The highest BCUT2D eigenvalue weighted by Gasteiger charge is 2.68. The van der Waals surface area contributed by atoms with Gasteiger partial charge in [0.15, 0.2) is 0 Å². The molecule has 37 heavy (non-hydrogen) atoms. The van der Waals surface area contributed by atoms with E-state index in [-0.39, 0.29) is 18.4 Å². The van der Waals surface area contributed by atoms with E-state index >= 15 is 0 Å². The molecular weight excluding hydrogens is 474 g/mol. The molecule has 6 unspecified atom stereocenters. The fourth-order valence-electron chi connectivity index (χ4n) is 5.57. The SMILES string of the molecule is C=C1C=CC(=O)N=CN=CC(C)=CC=CC(O)CC2OCC3C(O)C4(CCC=C4C(=O)OC1C(C)C)N23. The van der Waals surface area contributed by atoms with Crippen molar-refractivity contribution in [3.05, 3.63) is 59.8 Å². The van der Waals surface area contributed by atoms with Crippen LogP contribution in [0, 0.1) is 5.92 Å². The van der Waals surface area contributed by atoms with Gasteiger partial charge in [-0.15, -0.1) is 0 Å². The van der Waals surface area contributed by atoms with E-state index < -0.39 is 42.0 Å². The summed E-state index contributed by atoms with van der Waals surface area (Å²) in [5.74, 6) is -1.16. The fraction of sp³-hybridized carbons (Fsp3) is 0.500. The summed E-state index contributed by atoms with van der Waals surface area (Å²) in [5.41, 5.74) is 0.745. The highest BCUT2D eigenvalue weighted by Crippen LogP contribution is 2.54. The number of hydrogen-bond donors (Lipinski definition) is 2. The third-order valence-corrected chi connectivity index (χ3v) is 7.31. The first-order chi connectivity index (χ1) is 17.6. The molecule has 6 atom stereocenters. The van der Waals surface area contributed by atoms with Crippen molar-refractivity contribution in [3.63, 3.8) is 0 Å². The van der Waals surface area contributed by atoms with E-state index in [0.29, 0.717) is 30.6 Å². The van der Waals surface area contributed by atoms with Crippen LogP contribution in [0.2, 0.25) is 0 Å². The molecule has 4 aliphatic rings. The number of ether oxygens (including phenoxy) is 2. The van der Waals surface area contributed by atoms with E-state index in [0.717, 1.165) is 11.9 Å². The average molecular weight is 510 g/mol. The van der Waals surface area contributed by atoms with Crippen molar-refractivity contribution < 1.29 is 29.3 Å². The second kappa shape index (κ2) is 11.2. The molecule has 3 aliphatic heterocycles. The van der Waals surface area contributed by atoms with Crippen LogP contribution in [0.25, 0.3) is 0 Å². The zero-order chi connectivity index (χ0) is 26.7. The normalized spacial score (nSPS) is 35.4. The molecule has 2 fully saturated rings. The molecule has 0 bridgehead atoms. The molecule has 1 amide bonds. The molecule has 0 radical (unpaired) electrons. The maximum atomic E-state index is 13.5. The Kier molecular flexibility index (Phi) is 8.18. The molecule has 0 saturated carbocycles. The predicted molar refractivity (Wildman–Crippen MR) is 140 cm³/mol. The van der Waals surface area contributed by atoms with Crippen LogP contribution in [0.5, 0.6) is 0 Å². The van der Waals surface area contributed by atoms with Crippen LogP contribution < -0.4 is 0 Å². The lowest BCUT2D eigenvalue weighted by Gasteiger charge is -2.59. The van der Waals surface area contributed by atoms with Crippen molar-refractivity contribution in [2.45, 2.75) is 76.2 Å². The third kappa shape index (κ3) is 5.36. The van der Waals surface area contributed by atoms with Gasteiger partial charge in [0, 0.05) is 18.7 Å². The number of esters is 1. The number of hydrogen-bond acceptors (Lipinski definition) is 8. The van der Waals surface area contributed by atoms with E-state index in [1.54, 1.807) is 24.4 Å². The zero-order valence-corrected chi connectivity index (χ0v) is 21.5. The first-order valence-electron chi connectivity index (χ1n) is 12.6. The van der Waals surface area contributed by atoms with Crippen LogP contribution in [0.1, 0.15) is 40.0 Å². The van der Waals surface area contributed by atoms with Gasteiger partial charge in [0.05, 0.1) is 36.0 Å². The Morgan fingerprint density at radius 1 is 1.24 bits per heavy atom. The lowest BCUT2D eigenvalue weighted by molar-refractivity contribution is -0.183. The Morgan fingerprint density at radius 2 is 2.03 bits per heavy atom. The summed E-state index contributed by atoms with van der Waals surface area (Å²) in [5, 5.41) is 21.8. The molecule has 0 aromatic heterocycles. The zero-order valence-electron chi connectivity index (χ0n) is 21.5. The minimum atomic E-state index is -0.915. The average Bonchev–Trinajstić information content (AvgIpc) is 3.47. The topological polar surface area (TPSA) is 121 Å². The van der Waals surface area contributed by atoms with E-state index in [1.807, 2.05) is 31.7 Å². The lowest BCUT2D eigenvalue weighted by Crippen LogP contribution is -2.77. The van der Waals surface area contributed by atoms with Crippen LogP contribution in [0.15, 0.2) is 69.7 Å². The summed E-state index contributed by atoms with van der Waals surface area (Å²) in [7, 11) is 0. The summed E-state index contributed by atoms with van der Waals surface area (Å²) in [4.78, 5) is 35.4. The molecule has 1 aliphatic carbocycles. The molecule has 198 valence electrons. The maximum absolute atomic E-state index is 13.5. The smallest absolute Gasteiger partial charge is 0.336 e. The molecule has 3 heterocycles. The van der Waals surface area contributed by atoms with E-state index in [4.69, 9.17) is 9.47 Å². The van der Waals surface area contributed by atoms with Crippen LogP contribution in [0.4, 0.5) is 0 Å². The van der Waals surface area contributed by atoms with Gasteiger partial charge in [-0.2, -0.15) is 4.99 Å². The molecule has 9 heteroatoms. The van der Waals surface area contributed by atoms with Gasteiger partial charge in [0.2, 0.25) is 0 Å². The van der Waals surface area contributed by atoms with Crippen molar-refractivity contribution in [2.75, 3.05) is 6.61 Å². The van der Waals surface area contributed by atoms with Gasteiger partial charge in [0.1, 0.15) is 18.7 Å². The van der Waals surface area contributed by atoms with Crippen molar-refractivity contribution in [3.8, 4) is 0 Å². The van der Waals surface area contributed by atoms with Crippen molar-refractivity contribution in [1.82, 2.24) is 4.90 Å². The highest BCUT2D eigenvalue weighted by atomic mass is 16.5. The maximum Gasteiger partial charge on any atom is 0.336 e. The number of amides is 1. The molecule has 2 N–H and O–H groups in total. The van der Waals surface area contributed by atoms with Crippen LogP contribution >= 0.6 is 0 Å². The Bertz CT molecular complexity index is 1120. The molecule has 0 aromatic carbocycles. The highest BCUT2D eigenvalue weighted by molar-refractivity contribution is 5.96.